The molecule has 1 fully saturated rings. The van der Waals surface area contributed by atoms with E-state index in [4.69, 9.17) is 14.7 Å². The van der Waals surface area contributed by atoms with E-state index in [-0.39, 0.29) is 17.5 Å². The number of rotatable bonds is 3. The van der Waals surface area contributed by atoms with Gasteiger partial charge in [-0.25, -0.2) is 4.39 Å². The molecule has 0 atom stereocenters. The van der Waals surface area contributed by atoms with Crippen LogP contribution in [-0.4, -0.2) is 17.4 Å². The van der Waals surface area contributed by atoms with Crippen molar-refractivity contribution < 1.29 is 19.1 Å². The quantitative estimate of drug-likeness (QED) is 0.710. The molecule has 0 aliphatic heterocycles. The molecule has 0 aromatic heterocycles. The van der Waals surface area contributed by atoms with Crippen LogP contribution in [0.25, 0.3) is 0 Å². The Bertz CT molecular complexity index is 339. The van der Waals surface area contributed by atoms with Crippen LogP contribution in [0.4, 0.5) is 4.39 Å². The summed E-state index contributed by atoms with van der Waals surface area (Å²) in [5, 5.41) is 17.3. The van der Waals surface area contributed by atoms with Gasteiger partial charge in [-0.3, -0.25) is 0 Å². The van der Waals surface area contributed by atoms with Crippen molar-refractivity contribution >= 4 is 7.32 Å². The monoisotopic (exact) mass is 196 g/mol. The summed E-state index contributed by atoms with van der Waals surface area (Å²) in [5.74, 6) is 0.0538. The van der Waals surface area contributed by atoms with E-state index in [0.29, 0.717) is 5.56 Å². The molecule has 1 saturated carbocycles. The van der Waals surface area contributed by atoms with E-state index in [1.54, 1.807) is 0 Å². The molecule has 74 valence electrons. The third kappa shape index (κ3) is 1.88. The zero-order valence-corrected chi connectivity index (χ0v) is 7.48. The first-order valence-electron chi connectivity index (χ1n) is 4.49. The van der Waals surface area contributed by atoms with E-state index in [2.05, 4.69) is 0 Å². The van der Waals surface area contributed by atoms with Gasteiger partial charge in [0.15, 0.2) is 0 Å². The first kappa shape index (κ1) is 9.49. The molecule has 0 amide bonds. The Labute approximate surface area is 81.3 Å². The molecule has 0 spiro atoms. The molecular formula is C9H10BFO3. The number of hydrogen-bond donors (Lipinski definition) is 2. The van der Waals surface area contributed by atoms with Gasteiger partial charge < -0.3 is 14.7 Å². The Morgan fingerprint density at radius 2 is 2.07 bits per heavy atom. The maximum Gasteiger partial charge on any atom is 0.707 e. The third-order valence-electron chi connectivity index (χ3n) is 2.23. The van der Waals surface area contributed by atoms with Crippen molar-refractivity contribution in [3.05, 3.63) is 29.6 Å². The highest BCUT2D eigenvalue weighted by atomic mass is 19.1. The van der Waals surface area contributed by atoms with Crippen LogP contribution >= 0.6 is 0 Å². The second-order valence-corrected chi connectivity index (χ2v) is 3.37. The minimum Gasteiger partial charge on any atom is -0.512 e. The standard InChI is InChI=1S/C9H10BFO3/c11-7-2-1-3-8(14-10(12)13)9(7)6-4-5-6/h1-3,6,12-13H,4-5H2. The summed E-state index contributed by atoms with van der Waals surface area (Å²) in [5.41, 5.74) is 0.459. The lowest BCUT2D eigenvalue weighted by Gasteiger charge is -2.10. The highest BCUT2D eigenvalue weighted by Gasteiger charge is 2.30. The highest BCUT2D eigenvalue weighted by Crippen LogP contribution is 2.45. The predicted molar refractivity (Wildman–Crippen MR) is 49.2 cm³/mol. The van der Waals surface area contributed by atoms with Crippen molar-refractivity contribution in [2.24, 2.45) is 0 Å². The van der Waals surface area contributed by atoms with Gasteiger partial charge in [0.1, 0.15) is 11.6 Å². The van der Waals surface area contributed by atoms with Crippen LogP contribution in [0.1, 0.15) is 24.3 Å². The Morgan fingerprint density at radius 3 is 2.64 bits per heavy atom. The molecule has 2 N–H and O–H groups in total. The lowest BCUT2D eigenvalue weighted by molar-refractivity contribution is 0.286. The van der Waals surface area contributed by atoms with Gasteiger partial charge in [-0.1, -0.05) is 6.07 Å². The lowest BCUT2D eigenvalue weighted by Crippen LogP contribution is -2.21. The first-order valence-corrected chi connectivity index (χ1v) is 4.49. The summed E-state index contributed by atoms with van der Waals surface area (Å²) in [6.45, 7) is 0. The van der Waals surface area contributed by atoms with E-state index >= 15 is 0 Å². The van der Waals surface area contributed by atoms with Crippen molar-refractivity contribution in [2.75, 3.05) is 0 Å². The Hall–Kier alpha value is -1.07. The fourth-order valence-electron chi connectivity index (χ4n) is 1.50. The Morgan fingerprint density at radius 1 is 1.36 bits per heavy atom. The van der Waals surface area contributed by atoms with Gasteiger partial charge in [0.25, 0.3) is 0 Å². The third-order valence-corrected chi connectivity index (χ3v) is 2.23. The Kier molecular flexibility index (Phi) is 2.43. The zero-order chi connectivity index (χ0) is 10.1. The van der Waals surface area contributed by atoms with Crippen molar-refractivity contribution in [2.45, 2.75) is 18.8 Å². The molecule has 0 saturated heterocycles. The van der Waals surface area contributed by atoms with Gasteiger partial charge in [0, 0.05) is 5.56 Å². The van der Waals surface area contributed by atoms with Crippen LogP contribution in [0.2, 0.25) is 0 Å². The van der Waals surface area contributed by atoms with Crippen LogP contribution in [-0.2, 0) is 0 Å². The maximum atomic E-state index is 13.3. The molecule has 1 aliphatic carbocycles. The second-order valence-electron chi connectivity index (χ2n) is 3.37. The van der Waals surface area contributed by atoms with Gasteiger partial charge in [-0.15, -0.1) is 0 Å². The van der Waals surface area contributed by atoms with E-state index in [9.17, 15) is 4.39 Å². The molecule has 0 unspecified atom stereocenters. The molecular weight excluding hydrogens is 186 g/mol. The van der Waals surface area contributed by atoms with Gasteiger partial charge in [-0.2, -0.15) is 0 Å². The maximum absolute atomic E-state index is 13.3. The van der Waals surface area contributed by atoms with Gasteiger partial charge in [0.05, 0.1) is 0 Å². The van der Waals surface area contributed by atoms with Crippen LogP contribution < -0.4 is 4.65 Å². The number of halogens is 1. The molecule has 2 rings (SSSR count). The molecule has 1 aromatic rings. The molecule has 5 heteroatoms. The van der Waals surface area contributed by atoms with E-state index in [1.165, 1.54) is 18.2 Å². The van der Waals surface area contributed by atoms with Gasteiger partial charge in [0.2, 0.25) is 0 Å². The molecule has 14 heavy (non-hydrogen) atoms. The second kappa shape index (κ2) is 3.59. The van der Waals surface area contributed by atoms with E-state index in [1.807, 2.05) is 0 Å². The minimum atomic E-state index is -1.89. The largest absolute Gasteiger partial charge is 0.707 e. The molecule has 1 aliphatic rings. The van der Waals surface area contributed by atoms with Crippen molar-refractivity contribution in [3.8, 4) is 5.75 Å². The summed E-state index contributed by atoms with van der Waals surface area (Å²) in [4.78, 5) is 0. The van der Waals surface area contributed by atoms with Crippen LogP contribution in [0.5, 0.6) is 5.75 Å². The number of benzene rings is 1. The zero-order valence-electron chi connectivity index (χ0n) is 7.48. The first-order chi connectivity index (χ1) is 6.68. The van der Waals surface area contributed by atoms with Gasteiger partial charge in [-0.05, 0) is 30.9 Å². The topological polar surface area (TPSA) is 49.7 Å². The molecule has 0 radical (unpaired) electrons. The smallest absolute Gasteiger partial charge is 0.512 e. The average Bonchev–Trinajstić information content (AvgIpc) is 2.86. The Balaban J connectivity index is 2.32. The van der Waals surface area contributed by atoms with Gasteiger partial charge >= 0.3 is 7.32 Å². The number of hydrogen-bond acceptors (Lipinski definition) is 3. The summed E-state index contributed by atoms with van der Waals surface area (Å²) in [6.07, 6.45) is 1.86. The lowest BCUT2D eigenvalue weighted by atomic mass is 10.1. The van der Waals surface area contributed by atoms with Crippen LogP contribution in [0.15, 0.2) is 18.2 Å². The van der Waals surface area contributed by atoms with Crippen molar-refractivity contribution in [1.29, 1.82) is 0 Å². The normalized spacial score (nSPS) is 15.4. The van der Waals surface area contributed by atoms with Crippen LogP contribution in [0, 0.1) is 5.82 Å². The summed E-state index contributed by atoms with van der Waals surface area (Å²) >= 11 is 0. The summed E-state index contributed by atoms with van der Waals surface area (Å²) in [7, 11) is -1.89. The predicted octanol–water partition coefficient (Wildman–Crippen LogP) is 1.05. The minimum absolute atomic E-state index is 0.171. The van der Waals surface area contributed by atoms with Crippen molar-refractivity contribution in [3.63, 3.8) is 0 Å². The van der Waals surface area contributed by atoms with E-state index < -0.39 is 7.32 Å². The summed E-state index contributed by atoms with van der Waals surface area (Å²) in [6, 6.07) is 4.37. The highest BCUT2D eigenvalue weighted by molar-refractivity contribution is 6.33. The van der Waals surface area contributed by atoms with Crippen LogP contribution in [0.3, 0.4) is 0 Å². The summed E-state index contributed by atoms with van der Waals surface area (Å²) < 4.78 is 18.0. The SMILES string of the molecule is OB(O)Oc1cccc(F)c1C1CC1. The average molecular weight is 196 g/mol. The van der Waals surface area contributed by atoms with Crippen molar-refractivity contribution in [1.82, 2.24) is 0 Å². The molecule has 0 bridgehead atoms. The fourth-order valence-corrected chi connectivity index (χ4v) is 1.50. The molecule has 0 heterocycles. The molecule has 1 aromatic carbocycles. The van der Waals surface area contributed by atoms with E-state index in [0.717, 1.165) is 12.8 Å². The molecule has 3 nitrogen and oxygen atoms in total. The fraction of sp³-hybridized carbons (Fsp3) is 0.333.